The van der Waals surface area contributed by atoms with Crippen LogP contribution in [0.3, 0.4) is 0 Å². The van der Waals surface area contributed by atoms with Crippen molar-refractivity contribution < 1.29 is 4.74 Å². The Labute approximate surface area is 96.1 Å². The van der Waals surface area contributed by atoms with Gasteiger partial charge in [0.15, 0.2) is 11.6 Å². The maximum atomic E-state index is 5.27. The van der Waals surface area contributed by atoms with Gasteiger partial charge in [-0.15, -0.1) is 0 Å². The molecule has 0 aliphatic carbocycles. The molecule has 5 heteroatoms. The molecule has 0 spiro atoms. The second kappa shape index (κ2) is 5.12. The zero-order valence-electron chi connectivity index (χ0n) is 9.89. The van der Waals surface area contributed by atoms with Crippen molar-refractivity contribution in [3.05, 3.63) is 12.5 Å². The Morgan fingerprint density at radius 1 is 1.31 bits per heavy atom. The third-order valence-corrected chi connectivity index (χ3v) is 3.00. The molecule has 1 aliphatic heterocycles. The molecule has 0 amide bonds. The van der Waals surface area contributed by atoms with Crippen LogP contribution in [-0.4, -0.2) is 54.7 Å². The molecule has 0 radical (unpaired) electrons. The summed E-state index contributed by atoms with van der Waals surface area (Å²) in [6.45, 7) is 7.49. The van der Waals surface area contributed by atoms with Crippen LogP contribution in [0.25, 0.3) is 0 Å². The number of piperazine rings is 1. The molecule has 0 N–H and O–H groups in total. The van der Waals surface area contributed by atoms with E-state index < -0.39 is 0 Å². The van der Waals surface area contributed by atoms with E-state index >= 15 is 0 Å². The Morgan fingerprint density at radius 3 is 2.69 bits per heavy atom. The van der Waals surface area contributed by atoms with Gasteiger partial charge in [-0.1, -0.05) is 6.92 Å². The quantitative estimate of drug-likeness (QED) is 0.750. The molecular weight excluding hydrogens is 204 g/mol. The molecule has 0 saturated carbocycles. The fourth-order valence-electron chi connectivity index (χ4n) is 1.97. The number of nitrogens with zero attached hydrogens (tertiary/aromatic N) is 4. The first kappa shape index (κ1) is 11.1. The van der Waals surface area contributed by atoms with Gasteiger partial charge >= 0.3 is 0 Å². The number of hydrogen-bond donors (Lipinski definition) is 0. The highest BCUT2D eigenvalue weighted by atomic mass is 16.5. The predicted molar refractivity (Wildman–Crippen MR) is 62.9 cm³/mol. The van der Waals surface area contributed by atoms with E-state index in [4.69, 9.17) is 4.74 Å². The molecule has 0 unspecified atom stereocenters. The average Bonchev–Trinajstić information content (AvgIpc) is 2.39. The minimum atomic E-state index is 0.757. The summed E-state index contributed by atoms with van der Waals surface area (Å²) in [5.74, 6) is 1.67. The van der Waals surface area contributed by atoms with Crippen LogP contribution in [0, 0.1) is 0 Å². The standard InChI is InChI=1S/C11H18N4O/c1-3-14-4-6-15(7-5-14)11-10(16-2)8-12-9-13-11/h8-9H,3-7H2,1-2H3. The lowest BCUT2D eigenvalue weighted by atomic mass is 10.3. The Morgan fingerprint density at radius 2 is 2.06 bits per heavy atom. The first-order valence-electron chi connectivity index (χ1n) is 5.66. The summed E-state index contributed by atoms with van der Waals surface area (Å²) in [6.07, 6.45) is 3.29. The number of methoxy groups -OCH3 is 1. The van der Waals surface area contributed by atoms with E-state index in [1.54, 1.807) is 19.6 Å². The summed E-state index contributed by atoms with van der Waals surface area (Å²) in [7, 11) is 1.66. The van der Waals surface area contributed by atoms with Gasteiger partial charge in [-0.2, -0.15) is 0 Å². The van der Waals surface area contributed by atoms with E-state index in [9.17, 15) is 0 Å². The van der Waals surface area contributed by atoms with E-state index in [1.165, 1.54) is 0 Å². The van der Waals surface area contributed by atoms with Crippen LogP contribution >= 0.6 is 0 Å². The van der Waals surface area contributed by atoms with Crippen molar-refractivity contribution in [3.63, 3.8) is 0 Å². The minimum Gasteiger partial charge on any atom is -0.491 e. The van der Waals surface area contributed by atoms with E-state index in [0.717, 1.165) is 44.3 Å². The lowest BCUT2D eigenvalue weighted by Crippen LogP contribution is -2.46. The number of likely N-dealkylation sites (N-methyl/N-ethyl adjacent to an activating group) is 1. The van der Waals surface area contributed by atoms with Crippen LogP contribution in [-0.2, 0) is 0 Å². The lowest BCUT2D eigenvalue weighted by Gasteiger charge is -2.35. The van der Waals surface area contributed by atoms with Crippen molar-refractivity contribution in [2.24, 2.45) is 0 Å². The summed E-state index contributed by atoms with van der Waals surface area (Å²) in [4.78, 5) is 13.0. The molecule has 2 heterocycles. The summed E-state index contributed by atoms with van der Waals surface area (Å²) in [6, 6.07) is 0. The van der Waals surface area contributed by atoms with E-state index in [-0.39, 0.29) is 0 Å². The van der Waals surface area contributed by atoms with Crippen molar-refractivity contribution in [2.45, 2.75) is 6.92 Å². The SMILES string of the molecule is CCN1CCN(c2ncncc2OC)CC1. The highest BCUT2D eigenvalue weighted by Crippen LogP contribution is 2.24. The van der Waals surface area contributed by atoms with Gasteiger partial charge in [-0.3, -0.25) is 0 Å². The van der Waals surface area contributed by atoms with Crippen molar-refractivity contribution in [1.29, 1.82) is 0 Å². The van der Waals surface area contributed by atoms with Crippen LogP contribution in [0.15, 0.2) is 12.5 Å². The zero-order chi connectivity index (χ0) is 11.4. The second-order valence-electron chi connectivity index (χ2n) is 3.84. The van der Waals surface area contributed by atoms with Gasteiger partial charge in [-0.05, 0) is 6.54 Å². The molecular formula is C11H18N4O. The molecule has 88 valence electrons. The van der Waals surface area contributed by atoms with Crippen LogP contribution in [0.1, 0.15) is 6.92 Å². The average molecular weight is 222 g/mol. The monoisotopic (exact) mass is 222 g/mol. The fraction of sp³-hybridized carbons (Fsp3) is 0.636. The van der Waals surface area contributed by atoms with Gasteiger partial charge in [0.05, 0.1) is 13.3 Å². The van der Waals surface area contributed by atoms with Gasteiger partial charge in [0.25, 0.3) is 0 Å². The molecule has 1 saturated heterocycles. The van der Waals surface area contributed by atoms with Gasteiger partial charge in [-0.25, -0.2) is 9.97 Å². The molecule has 16 heavy (non-hydrogen) atoms. The van der Waals surface area contributed by atoms with Gasteiger partial charge < -0.3 is 14.5 Å². The molecule has 1 aliphatic rings. The van der Waals surface area contributed by atoms with E-state index in [0.29, 0.717) is 0 Å². The first-order valence-corrected chi connectivity index (χ1v) is 5.66. The van der Waals surface area contributed by atoms with E-state index in [1.807, 2.05) is 0 Å². The van der Waals surface area contributed by atoms with Crippen LogP contribution in [0.5, 0.6) is 5.75 Å². The topological polar surface area (TPSA) is 41.5 Å². The number of anilines is 1. The molecule has 1 fully saturated rings. The van der Waals surface area contributed by atoms with Gasteiger partial charge in [0.1, 0.15) is 6.33 Å². The lowest BCUT2D eigenvalue weighted by molar-refractivity contribution is 0.269. The summed E-state index contributed by atoms with van der Waals surface area (Å²) >= 11 is 0. The highest BCUT2D eigenvalue weighted by Gasteiger charge is 2.19. The number of hydrogen-bond acceptors (Lipinski definition) is 5. The summed E-state index contributed by atoms with van der Waals surface area (Å²) in [5.41, 5.74) is 0. The van der Waals surface area contributed by atoms with Crippen molar-refractivity contribution in [1.82, 2.24) is 14.9 Å². The molecule has 0 atom stereocenters. The maximum absolute atomic E-state index is 5.27. The molecule has 0 bridgehead atoms. The normalized spacial score (nSPS) is 17.5. The molecule has 2 rings (SSSR count). The molecule has 1 aromatic heterocycles. The Kier molecular flexibility index (Phi) is 3.56. The third-order valence-electron chi connectivity index (χ3n) is 3.00. The number of rotatable bonds is 3. The third kappa shape index (κ3) is 2.24. The Hall–Kier alpha value is -1.36. The Balaban J connectivity index is 2.07. The van der Waals surface area contributed by atoms with Crippen LogP contribution in [0.2, 0.25) is 0 Å². The van der Waals surface area contributed by atoms with Crippen molar-refractivity contribution in [2.75, 3.05) is 44.7 Å². The van der Waals surface area contributed by atoms with Crippen molar-refractivity contribution >= 4 is 5.82 Å². The Bertz CT molecular complexity index is 337. The maximum Gasteiger partial charge on any atom is 0.179 e. The number of ether oxygens (including phenoxy) is 1. The van der Waals surface area contributed by atoms with Crippen molar-refractivity contribution in [3.8, 4) is 5.75 Å². The largest absolute Gasteiger partial charge is 0.491 e. The van der Waals surface area contributed by atoms with Gasteiger partial charge in [0.2, 0.25) is 0 Å². The zero-order valence-corrected chi connectivity index (χ0v) is 9.89. The van der Waals surface area contributed by atoms with Crippen LogP contribution < -0.4 is 9.64 Å². The second-order valence-corrected chi connectivity index (χ2v) is 3.84. The first-order chi connectivity index (χ1) is 7.85. The predicted octanol–water partition coefficient (Wildman–Crippen LogP) is 0.627. The summed E-state index contributed by atoms with van der Waals surface area (Å²) < 4.78 is 5.27. The molecule has 1 aromatic rings. The molecule has 0 aromatic carbocycles. The minimum absolute atomic E-state index is 0.757. The smallest absolute Gasteiger partial charge is 0.179 e. The number of aromatic nitrogens is 2. The molecule has 5 nitrogen and oxygen atoms in total. The van der Waals surface area contributed by atoms with Gasteiger partial charge in [0, 0.05) is 26.2 Å². The summed E-state index contributed by atoms with van der Waals surface area (Å²) in [5, 5.41) is 0. The fourth-order valence-corrected chi connectivity index (χ4v) is 1.97. The van der Waals surface area contributed by atoms with Crippen LogP contribution in [0.4, 0.5) is 5.82 Å². The highest BCUT2D eigenvalue weighted by molar-refractivity contribution is 5.50. The van der Waals surface area contributed by atoms with E-state index in [2.05, 4.69) is 26.7 Å².